The van der Waals surface area contributed by atoms with E-state index in [2.05, 4.69) is 32.7 Å². The monoisotopic (exact) mass is 225 g/mol. The van der Waals surface area contributed by atoms with Crippen LogP contribution in [0.1, 0.15) is 34.1 Å². The highest BCUT2D eigenvalue weighted by Gasteiger charge is 2.50. The van der Waals surface area contributed by atoms with Crippen LogP contribution < -0.4 is 5.32 Å². The van der Waals surface area contributed by atoms with Crippen LogP contribution in [-0.2, 0) is 9.53 Å². The zero-order valence-corrected chi connectivity index (χ0v) is 10.8. The topological polar surface area (TPSA) is 38.3 Å². The van der Waals surface area contributed by atoms with Crippen LogP contribution in [0, 0.1) is 11.3 Å². The van der Waals surface area contributed by atoms with Gasteiger partial charge in [0.05, 0.1) is 12.1 Å². The number of amides is 1. The largest absolute Gasteiger partial charge is 0.379 e. The van der Waals surface area contributed by atoms with E-state index >= 15 is 0 Å². The second kappa shape index (κ2) is 4.58. The van der Waals surface area contributed by atoms with Crippen molar-refractivity contribution in [2.45, 2.75) is 39.7 Å². The average molecular weight is 225 g/mol. The summed E-state index contributed by atoms with van der Waals surface area (Å²) in [5, 5.41) is 3.08. The van der Waals surface area contributed by atoms with E-state index in [0.29, 0.717) is 12.5 Å². The average Bonchev–Trinajstić information content (AvgIpc) is 2.14. The number of hydrogen-bond acceptors (Lipinski definition) is 2. The Kier molecular flexibility index (Phi) is 3.79. The molecule has 0 aromatic heterocycles. The first-order chi connectivity index (χ1) is 7.35. The van der Waals surface area contributed by atoms with Gasteiger partial charge >= 0.3 is 0 Å². The van der Waals surface area contributed by atoms with Gasteiger partial charge in [-0.2, -0.15) is 0 Å². The third-order valence-corrected chi connectivity index (χ3v) is 4.09. The minimum atomic E-state index is -0.321. The molecule has 3 nitrogen and oxygen atoms in total. The lowest BCUT2D eigenvalue weighted by atomic mass is 9.62. The minimum Gasteiger partial charge on any atom is -0.379 e. The molecule has 16 heavy (non-hydrogen) atoms. The molecule has 1 rings (SSSR count). The molecule has 1 fully saturated rings. The maximum absolute atomic E-state index is 11.4. The fraction of sp³-hybridized carbons (Fsp3) is 0.769. The summed E-state index contributed by atoms with van der Waals surface area (Å²) in [4.78, 5) is 11.4. The van der Waals surface area contributed by atoms with Crippen molar-refractivity contribution in [3.05, 3.63) is 12.7 Å². The van der Waals surface area contributed by atoms with Gasteiger partial charge in [0.2, 0.25) is 5.91 Å². The fourth-order valence-corrected chi connectivity index (χ4v) is 2.43. The molecule has 0 aliphatic carbocycles. The maximum Gasteiger partial charge on any atom is 0.217 e. The number of nitrogens with one attached hydrogen (secondary N) is 1. The van der Waals surface area contributed by atoms with E-state index in [1.165, 1.54) is 0 Å². The van der Waals surface area contributed by atoms with Gasteiger partial charge in [0.15, 0.2) is 0 Å². The highest BCUT2D eigenvalue weighted by atomic mass is 16.5. The molecule has 1 heterocycles. The molecule has 1 N–H and O–H groups in total. The van der Waals surface area contributed by atoms with E-state index in [4.69, 9.17) is 4.74 Å². The van der Waals surface area contributed by atoms with Gasteiger partial charge < -0.3 is 10.1 Å². The number of hydrogen-bond donors (Lipinski definition) is 1. The third kappa shape index (κ3) is 2.14. The van der Waals surface area contributed by atoms with Crippen molar-refractivity contribution in [1.82, 2.24) is 5.32 Å². The second-order valence-corrected chi connectivity index (χ2v) is 5.39. The Balaban J connectivity index is 3.05. The smallest absolute Gasteiger partial charge is 0.217 e. The minimum absolute atomic E-state index is 0.00507. The first kappa shape index (κ1) is 13.2. The quantitative estimate of drug-likeness (QED) is 0.747. The Morgan fingerprint density at radius 1 is 1.62 bits per heavy atom. The van der Waals surface area contributed by atoms with E-state index in [1.54, 1.807) is 6.92 Å². The highest BCUT2D eigenvalue weighted by molar-refractivity contribution is 5.74. The predicted molar refractivity (Wildman–Crippen MR) is 65.1 cm³/mol. The van der Waals surface area contributed by atoms with Gasteiger partial charge in [-0.25, -0.2) is 0 Å². The molecular weight excluding hydrogens is 202 g/mol. The number of carbonyl (C=O) groups excluding carboxylic acids is 1. The van der Waals surface area contributed by atoms with Crippen molar-refractivity contribution in [2.75, 3.05) is 13.2 Å². The lowest BCUT2D eigenvalue weighted by molar-refractivity contribution is -0.134. The van der Waals surface area contributed by atoms with Crippen LogP contribution in [0.3, 0.4) is 0 Å². The molecule has 0 spiro atoms. The van der Waals surface area contributed by atoms with Gasteiger partial charge in [-0.15, -0.1) is 6.58 Å². The zero-order valence-electron chi connectivity index (χ0n) is 10.8. The maximum atomic E-state index is 11.4. The molecule has 1 amide bonds. The van der Waals surface area contributed by atoms with E-state index in [0.717, 1.165) is 13.0 Å². The van der Waals surface area contributed by atoms with Crippen LogP contribution in [0.2, 0.25) is 0 Å². The number of rotatable bonds is 3. The summed E-state index contributed by atoms with van der Waals surface area (Å²) in [6.45, 7) is 13.2. The second-order valence-electron chi connectivity index (χ2n) is 5.39. The van der Waals surface area contributed by atoms with Crippen LogP contribution in [0.4, 0.5) is 0 Å². The zero-order chi connectivity index (χ0) is 12.4. The lowest BCUT2D eigenvalue weighted by Gasteiger charge is -2.53. The van der Waals surface area contributed by atoms with Gasteiger partial charge in [0, 0.05) is 13.5 Å². The van der Waals surface area contributed by atoms with Crippen molar-refractivity contribution in [2.24, 2.45) is 11.3 Å². The normalized spacial score (nSPS) is 33.1. The standard InChI is InChI=1S/C13H23NO2/c1-6-7-13(14-11(3)15)9-16-8-10(2)12(13,4)5/h6,10H,1,7-9H2,2-5H3,(H,14,15)/t10-,13+/m1/s1. The van der Waals surface area contributed by atoms with Crippen molar-refractivity contribution in [1.29, 1.82) is 0 Å². The molecule has 2 atom stereocenters. The van der Waals surface area contributed by atoms with Crippen LogP contribution in [-0.4, -0.2) is 24.7 Å². The summed E-state index contributed by atoms with van der Waals surface area (Å²) >= 11 is 0. The van der Waals surface area contributed by atoms with Gasteiger partial charge in [-0.3, -0.25) is 4.79 Å². The van der Waals surface area contributed by atoms with Crippen molar-refractivity contribution in [3.63, 3.8) is 0 Å². The molecule has 3 heteroatoms. The Morgan fingerprint density at radius 3 is 2.75 bits per heavy atom. The first-order valence-corrected chi connectivity index (χ1v) is 5.83. The fourth-order valence-electron chi connectivity index (χ4n) is 2.43. The molecule has 92 valence electrons. The van der Waals surface area contributed by atoms with E-state index in [-0.39, 0.29) is 16.9 Å². The van der Waals surface area contributed by atoms with Crippen LogP contribution in [0.5, 0.6) is 0 Å². The van der Waals surface area contributed by atoms with Gasteiger partial charge in [0.25, 0.3) is 0 Å². The van der Waals surface area contributed by atoms with E-state index in [1.807, 2.05) is 6.08 Å². The van der Waals surface area contributed by atoms with Crippen molar-refractivity contribution >= 4 is 5.91 Å². The van der Waals surface area contributed by atoms with Crippen molar-refractivity contribution in [3.8, 4) is 0 Å². The highest BCUT2D eigenvalue weighted by Crippen LogP contribution is 2.44. The summed E-state index contributed by atoms with van der Waals surface area (Å²) in [5.74, 6) is 0.403. The number of carbonyl (C=O) groups is 1. The van der Waals surface area contributed by atoms with E-state index in [9.17, 15) is 4.79 Å². The molecule has 0 bridgehead atoms. The van der Waals surface area contributed by atoms with Crippen LogP contribution in [0.15, 0.2) is 12.7 Å². The SMILES string of the molecule is C=CC[C@]1(NC(C)=O)COC[C@@H](C)C1(C)C. The lowest BCUT2D eigenvalue weighted by Crippen LogP contribution is -2.65. The Bertz CT molecular complexity index is 286. The van der Waals surface area contributed by atoms with Gasteiger partial charge in [0.1, 0.15) is 0 Å². The molecule has 1 aliphatic rings. The van der Waals surface area contributed by atoms with Crippen molar-refractivity contribution < 1.29 is 9.53 Å². The van der Waals surface area contributed by atoms with Crippen LogP contribution in [0.25, 0.3) is 0 Å². The predicted octanol–water partition coefficient (Wildman–Crippen LogP) is 2.13. The molecular formula is C13H23NO2. The summed E-state index contributed by atoms with van der Waals surface area (Å²) in [7, 11) is 0. The molecule has 0 radical (unpaired) electrons. The van der Waals surface area contributed by atoms with Gasteiger partial charge in [-0.1, -0.05) is 26.8 Å². The Hall–Kier alpha value is -0.830. The summed E-state index contributed by atoms with van der Waals surface area (Å²) in [6, 6.07) is 0. The van der Waals surface area contributed by atoms with Gasteiger partial charge in [-0.05, 0) is 17.8 Å². The summed E-state index contributed by atoms with van der Waals surface area (Å²) in [5.41, 5.74) is -0.316. The summed E-state index contributed by atoms with van der Waals surface area (Å²) < 4.78 is 5.62. The molecule has 1 aliphatic heterocycles. The van der Waals surface area contributed by atoms with Crippen LogP contribution >= 0.6 is 0 Å². The molecule has 1 saturated heterocycles. The Labute approximate surface area is 98.2 Å². The molecule has 0 aromatic rings. The number of ether oxygens (including phenoxy) is 1. The molecule has 0 unspecified atom stereocenters. The third-order valence-electron chi connectivity index (χ3n) is 4.09. The summed E-state index contributed by atoms with van der Waals surface area (Å²) in [6.07, 6.45) is 2.60. The molecule has 0 aromatic carbocycles. The molecule has 0 saturated carbocycles. The Morgan fingerprint density at radius 2 is 2.25 bits per heavy atom. The van der Waals surface area contributed by atoms with E-state index < -0.39 is 0 Å². The first-order valence-electron chi connectivity index (χ1n) is 5.83.